The molecular weight excluding hydrogens is 296 g/mol. The number of halogens is 4. The lowest BCUT2D eigenvalue weighted by Gasteiger charge is -2.01. The molecule has 16 heavy (non-hydrogen) atoms. The highest BCUT2D eigenvalue weighted by molar-refractivity contribution is 6.40. The molecule has 0 saturated heterocycles. The van der Waals surface area contributed by atoms with Crippen LogP contribution in [0.3, 0.4) is 0 Å². The summed E-state index contributed by atoms with van der Waals surface area (Å²) in [5.41, 5.74) is 0.474. The maximum atomic E-state index is 9.37. The van der Waals surface area contributed by atoms with Crippen molar-refractivity contribution in [2.24, 2.45) is 0 Å². The lowest BCUT2D eigenvalue weighted by atomic mass is 10.2. The van der Waals surface area contributed by atoms with E-state index in [0.717, 1.165) is 0 Å². The number of aromatic hydroxyl groups is 1. The maximum Gasteiger partial charge on any atom is 0.233 e. The maximum absolute atomic E-state index is 9.37. The first-order chi connectivity index (χ1) is 7.49. The summed E-state index contributed by atoms with van der Waals surface area (Å²) in [6.45, 7) is 0. The van der Waals surface area contributed by atoms with Crippen molar-refractivity contribution in [3.05, 3.63) is 32.6 Å². The molecule has 0 bridgehead atoms. The van der Waals surface area contributed by atoms with E-state index in [-0.39, 0.29) is 32.1 Å². The number of oxazole rings is 1. The number of aromatic nitrogens is 1. The molecule has 0 aliphatic carbocycles. The zero-order valence-electron chi connectivity index (χ0n) is 7.47. The molecule has 0 fully saturated rings. The molecule has 0 amide bonds. The van der Waals surface area contributed by atoms with Gasteiger partial charge in [-0.05, 0) is 23.7 Å². The average molecular weight is 299 g/mol. The molecule has 0 unspecified atom stereocenters. The van der Waals surface area contributed by atoms with Crippen molar-refractivity contribution in [2.75, 3.05) is 0 Å². The van der Waals surface area contributed by atoms with Gasteiger partial charge in [-0.1, -0.05) is 34.8 Å². The summed E-state index contributed by atoms with van der Waals surface area (Å²) in [4.78, 5) is 3.86. The van der Waals surface area contributed by atoms with Crippen LogP contribution in [0.1, 0.15) is 0 Å². The third-order valence-electron chi connectivity index (χ3n) is 1.81. The molecule has 0 saturated carbocycles. The van der Waals surface area contributed by atoms with Gasteiger partial charge < -0.3 is 9.52 Å². The Morgan fingerprint density at radius 3 is 2.06 bits per heavy atom. The summed E-state index contributed by atoms with van der Waals surface area (Å²) >= 11 is 22.7. The summed E-state index contributed by atoms with van der Waals surface area (Å²) in [6.07, 6.45) is 0. The highest BCUT2D eigenvalue weighted by Crippen LogP contribution is 2.37. The topological polar surface area (TPSA) is 46.3 Å². The van der Waals surface area contributed by atoms with Crippen molar-refractivity contribution in [2.45, 2.75) is 0 Å². The van der Waals surface area contributed by atoms with Crippen LogP contribution in [-0.2, 0) is 0 Å². The monoisotopic (exact) mass is 297 g/mol. The van der Waals surface area contributed by atoms with Gasteiger partial charge in [0.15, 0.2) is 10.9 Å². The third kappa shape index (κ3) is 2.09. The summed E-state index contributed by atoms with van der Waals surface area (Å²) in [6, 6.07) is 2.89. The molecule has 3 nitrogen and oxygen atoms in total. The van der Waals surface area contributed by atoms with Gasteiger partial charge in [0, 0.05) is 5.56 Å². The Kier molecular flexibility index (Phi) is 3.22. The number of rotatable bonds is 1. The molecule has 7 heteroatoms. The molecule has 1 aromatic heterocycles. The summed E-state index contributed by atoms with van der Waals surface area (Å²) in [7, 11) is 0. The minimum atomic E-state index is -0.198. The zero-order valence-corrected chi connectivity index (χ0v) is 10.5. The summed E-state index contributed by atoms with van der Waals surface area (Å²) < 4.78 is 5.07. The van der Waals surface area contributed by atoms with Crippen LogP contribution in [0.2, 0.25) is 20.4 Å². The first-order valence-corrected chi connectivity index (χ1v) is 5.50. The Balaban J connectivity index is 2.56. The van der Waals surface area contributed by atoms with Crippen LogP contribution in [-0.4, -0.2) is 10.1 Å². The van der Waals surface area contributed by atoms with Gasteiger partial charge in [-0.2, -0.15) is 4.98 Å². The van der Waals surface area contributed by atoms with E-state index in [0.29, 0.717) is 5.56 Å². The van der Waals surface area contributed by atoms with Crippen molar-refractivity contribution >= 4 is 46.4 Å². The van der Waals surface area contributed by atoms with E-state index in [4.69, 9.17) is 50.8 Å². The predicted molar refractivity (Wildman–Crippen MR) is 63.6 cm³/mol. The molecule has 0 atom stereocenters. The average Bonchev–Trinajstić information content (AvgIpc) is 2.55. The van der Waals surface area contributed by atoms with E-state index in [1.165, 1.54) is 12.1 Å². The lowest BCUT2D eigenvalue weighted by Crippen LogP contribution is -1.79. The minimum absolute atomic E-state index is 0.0167. The normalized spacial score (nSPS) is 10.8. The number of phenolic OH excluding ortho intramolecular Hbond substituents is 1. The summed E-state index contributed by atoms with van der Waals surface area (Å²) in [5.74, 6) is -0.0189. The number of phenols is 1. The van der Waals surface area contributed by atoms with Crippen molar-refractivity contribution < 1.29 is 9.52 Å². The van der Waals surface area contributed by atoms with Gasteiger partial charge in [0.2, 0.25) is 11.1 Å². The fourth-order valence-corrected chi connectivity index (χ4v) is 1.81. The quantitative estimate of drug-likeness (QED) is 0.833. The van der Waals surface area contributed by atoms with Crippen LogP contribution < -0.4 is 0 Å². The molecule has 1 N–H and O–H groups in total. The van der Waals surface area contributed by atoms with Gasteiger partial charge in [0.1, 0.15) is 0 Å². The fraction of sp³-hybridized carbons (Fsp3) is 0. The predicted octanol–water partition coefficient (Wildman–Crippen LogP) is 4.66. The smallest absolute Gasteiger partial charge is 0.233 e. The Morgan fingerprint density at radius 1 is 1.06 bits per heavy atom. The van der Waals surface area contributed by atoms with Crippen molar-refractivity contribution in [3.8, 4) is 17.2 Å². The van der Waals surface area contributed by atoms with E-state index < -0.39 is 0 Å². The first kappa shape index (κ1) is 11.9. The highest BCUT2D eigenvalue weighted by Gasteiger charge is 2.14. The van der Waals surface area contributed by atoms with Crippen molar-refractivity contribution in [3.63, 3.8) is 0 Å². The second-order valence-electron chi connectivity index (χ2n) is 2.87. The Hall–Kier alpha value is -0.610. The van der Waals surface area contributed by atoms with Gasteiger partial charge in [0.05, 0.1) is 10.0 Å². The Labute approximate surface area is 111 Å². The number of hydrogen-bond donors (Lipinski definition) is 1. The van der Waals surface area contributed by atoms with E-state index >= 15 is 0 Å². The van der Waals surface area contributed by atoms with Crippen LogP contribution in [0.5, 0.6) is 5.75 Å². The van der Waals surface area contributed by atoms with Gasteiger partial charge in [-0.25, -0.2) is 0 Å². The van der Waals surface area contributed by atoms with E-state index in [1.807, 2.05) is 0 Å². The standard InChI is InChI=1S/C9H3Cl4NO2/c10-4-1-3(2-5(11)6(4)15)9-14-7(12)8(13)16-9/h1-2,15H. The van der Waals surface area contributed by atoms with Gasteiger partial charge in [-0.15, -0.1) is 0 Å². The highest BCUT2D eigenvalue weighted by atomic mass is 35.5. The molecule has 2 aromatic rings. The van der Waals surface area contributed by atoms with Gasteiger partial charge in [0.25, 0.3) is 0 Å². The lowest BCUT2D eigenvalue weighted by molar-refractivity contribution is 0.476. The second kappa shape index (κ2) is 4.34. The van der Waals surface area contributed by atoms with Crippen LogP contribution in [0.25, 0.3) is 11.5 Å². The van der Waals surface area contributed by atoms with Crippen molar-refractivity contribution in [1.82, 2.24) is 4.98 Å². The summed E-state index contributed by atoms with van der Waals surface area (Å²) in [5, 5.41) is 9.59. The fourth-order valence-electron chi connectivity index (χ4n) is 1.10. The van der Waals surface area contributed by atoms with Crippen molar-refractivity contribution in [1.29, 1.82) is 0 Å². The Bertz CT molecular complexity index is 510. The molecule has 84 valence electrons. The van der Waals surface area contributed by atoms with Crippen LogP contribution in [0, 0.1) is 0 Å². The largest absolute Gasteiger partial charge is 0.505 e. The molecule has 2 rings (SSSR count). The van der Waals surface area contributed by atoms with E-state index in [9.17, 15) is 5.11 Å². The Morgan fingerprint density at radius 2 is 1.62 bits per heavy atom. The van der Waals surface area contributed by atoms with E-state index in [2.05, 4.69) is 4.98 Å². The van der Waals surface area contributed by atoms with Crippen LogP contribution in [0.4, 0.5) is 0 Å². The third-order valence-corrected chi connectivity index (χ3v) is 3.00. The second-order valence-corrected chi connectivity index (χ2v) is 4.39. The zero-order chi connectivity index (χ0) is 11.9. The number of nitrogens with zero attached hydrogens (tertiary/aromatic N) is 1. The number of benzene rings is 1. The molecule has 0 aliphatic heterocycles. The molecular formula is C9H3Cl4NO2. The number of hydrogen-bond acceptors (Lipinski definition) is 3. The SMILES string of the molecule is Oc1c(Cl)cc(-c2nc(Cl)c(Cl)o2)cc1Cl. The molecule has 0 radical (unpaired) electrons. The minimum Gasteiger partial charge on any atom is -0.505 e. The van der Waals surface area contributed by atoms with Crippen LogP contribution in [0.15, 0.2) is 16.5 Å². The van der Waals surface area contributed by atoms with Crippen LogP contribution >= 0.6 is 46.4 Å². The first-order valence-electron chi connectivity index (χ1n) is 3.99. The molecule has 1 aromatic carbocycles. The van der Waals surface area contributed by atoms with E-state index in [1.54, 1.807) is 0 Å². The molecule has 0 spiro atoms. The van der Waals surface area contributed by atoms with Gasteiger partial charge >= 0.3 is 0 Å². The molecule has 0 aliphatic rings. The molecule has 1 heterocycles. The van der Waals surface area contributed by atoms with Gasteiger partial charge in [-0.3, -0.25) is 0 Å².